The van der Waals surface area contributed by atoms with Crippen LogP contribution < -0.4 is 4.72 Å². The van der Waals surface area contributed by atoms with Crippen LogP contribution in [0, 0.1) is 0 Å². The normalized spacial score (nSPS) is 18.0. The van der Waals surface area contributed by atoms with E-state index in [1.54, 1.807) is 17.0 Å². The van der Waals surface area contributed by atoms with Gasteiger partial charge in [0.05, 0.1) is 11.5 Å². The molecule has 162 valence electrons. The molecule has 1 aromatic heterocycles. The van der Waals surface area contributed by atoms with Crippen molar-refractivity contribution in [2.75, 3.05) is 33.4 Å². The molecule has 2 aliphatic rings. The molecule has 1 amide bonds. The van der Waals surface area contributed by atoms with E-state index in [0.717, 1.165) is 24.5 Å². The number of carbonyl (C=O) groups is 1. The maximum absolute atomic E-state index is 12.9. The predicted molar refractivity (Wildman–Crippen MR) is 110 cm³/mol. The van der Waals surface area contributed by atoms with Crippen LogP contribution in [0.15, 0.2) is 29.2 Å². The summed E-state index contributed by atoms with van der Waals surface area (Å²) in [6, 6.07) is 6.17. The second-order valence-electron chi connectivity index (χ2n) is 7.84. The Hall–Kier alpha value is -2.30. The molecule has 0 spiro atoms. The van der Waals surface area contributed by atoms with Crippen molar-refractivity contribution in [2.45, 2.75) is 42.4 Å². The highest BCUT2D eigenvalue weighted by molar-refractivity contribution is 7.89. The van der Waals surface area contributed by atoms with Crippen LogP contribution in [0.5, 0.6) is 0 Å². The van der Waals surface area contributed by atoms with Crippen molar-refractivity contribution < 1.29 is 17.9 Å². The summed E-state index contributed by atoms with van der Waals surface area (Å²) in [6.45, 7) is 1.66. The Labute approximate surface area is 176 Å². The monoisotopic (exact) mass is 433 g/mol. The molecule has 2 N–H and O–H groups in total. The SMILES string of the molecule is COCCNS(=O)(=O)c1cccc(C(=O)N2CCC(c3nc(C4CC4)n[nH]3)CC2)c1. The van der Waals surface area contributed by atoms with Crippen molar-refractivity contribution in [3.8, 4) is 0 Å². The predicted octanol–water partition coefficient (Wildman–Crippen LogP) is 1.63. The lowest BCUT2D eigenvalue weighted by molar-refractivity contribution is 0.0711. The van der Waals surface area contributed by atoms with E-state index in [1.165, 1.54) is 32.1 Å². The van der Waals surface area contributed by atoms with Crippen LogP contribution in [0.2, 0.25) is 0 Å². The Morgan fingerprint density at radius 3 is 2.70 bits per heavy atom. The number of hydrogen-bond acceptors (Lipinski definition) is 6. The maximum atomic E-state index is 12.9. The zero-order valence-electron chi connectivity index (χ0n) is 17.0. The van der Waals surface area contributed by atoms with Gasteiger partial charge in [-0.3, -0.25) is 9.89 Å². The molecule has 1 saturated carbocycles. The van der Waals surface area contributed by atoms with E-state index in [9.17, 15) is 13.2 Å². The number of carbonyl (C=O) groups excluding carboxylic acids is 1. The zero-order valence-corrected chi connectivity index (χ0v) is 17.8. The van der Waals surface area contributed by atoms with Gasteiger partial charge < -0.3 is 9.64 Å². The van der Waals surface area contributed by atoms with E-state index in [0.29, 0.717) is 24.6 Å². The molecule has 4 rings (SSSR count). The number of nitrogens with one attached hydrogen (secondary N) is 2. The van der Waals surface area contributed by atoms with Crippen molar-refractivity contribution in [1.82, 2.24) is 24.8 Å². The first kappa shape index (κ1) is 21.0. The topological polar surface area (TPSA) is 117 Å². The Balaban J connectivity index is 1.38. The lowest BCUT2D eigenvalue weighted by Crippen LogP contribution is -2.38. The molecule has 1 aliphatic carbocycles. The number of nitrogens with zero attached hydrogens (tertiary/aromatic N) is 3. The number of methoxy groups -OCH3 is 1. The van der Waals surface area contributed by atoms with Crippen LogP contribution in [-0.2, 0) is 14.8 Å². The summed E-state index contributed by atoms with van der Waals surface area (Å²) in [7, 11) is -2.18. The van der Waals surface area contributed by atoms with Gasteiger partial charge in [-0.05, 0) is 43.9 Å². The first-order chi connectivity index (χ1) is 14.5. The average Bonchev–Trinajstić information content (AvgIpc) is 3.50. The number of benzene rings is 1. The van der Waals surface area contributed by atoms with Crippen molar-refractivity contribution >= 4 is 15.9 Å². The number of ether oxygens (including phenoxy) is 1. The lowest BCUT2D eigenvalue weighted by Gasteiger charge is -2.31. The fraction of sp³-hybridized carbons (Fsp3) is 0.550. The van der Waals surface area contributed by atoms with Gasteiger partial charge in [-0.1, -0.05) is 6.07 Å². The number of piperidine rings is 1. The number of sulfonamides is 1. The number of rotatable bonds is 8. The summed E-state index contributed by atoms with van der Waals surface area (Å²) in [5, 5.41) is 7.40. The number of H-pyrrole nitrogens is 1. The minimum absolute atomic E-state index is 0.0774. The van der Waals surface area contributed by atoms with E-state index in [-0.39, 0.29) is 29.9 Å². The molecule has 30 heavy (non-hydrogen) atoms. The summed E-state index contributed by atoms with van der Waals surface area (Å²) >= 11 is 0. The van der Waals surface area contributed by atoms with Crippen LogP contribution in [0.3, 0.4) is 0 Å². The van der Waals surface area contributed by atoms with Gasteiger partial charge in [0.2, 0.25) is 10.0 Å². The highest BCUT2D eigenvalue weighted by Crippen LogP contribution is 2.38. The Bertz CT molecular complexity index is 994. The second kappa shape index (κ2) is 8.83. The Morgan fingerprint density at radius 2 is 2.00 bits per heavy atom. The average molecular weight is 434 g/mol. The Kier molecular flexibility index (Phi) is 6.16. The summed E-state index contributed by atoms with van der Waals surface area (Å²) in [4.78, 5) is 19.4. The van der Waals surface area contributed by atoms with Gasteiger partial charge in [0.1, 0.15) is 5.82 Å². The number of hydrogen-bond donors (Lipinski definition) is 2. The molecule has 0 unspecified atom stereocenters. The third-order valence-corrected chi connectivity index (χ3v) is 7.08. The van der Waals surface area contributed by atoms with Crippen molar-refractivity contribution in [2.24, 2.45) is 0 Å². The highest BCUT2D eigenvalue weighted by Gasteiger charge is 2.31. The summed E-state index contributed by atoms with van der Waals surface area (Å²) in [5.74, 6) is 2.47. The zero-order chi connectivity index (χ0) is 21.1. The van der Waals surface area contributed by atoms with Gasteiger partial charge in [0.25, 0.3) is 5.91 Å². The van der Waals surface area contributed by atoms with E-state index >= 15 is 0 Å². The molecule has 1 aromatic carbocycles. The Morgan fingerprint density at radius 1 is 1.23 bits per heavy atom. The largest absolute Gasteiger partial charge is 0.383 e. The molecule has 9 nitrogen and oxygen atoms in total. The molecule has 1 aliphatic heterocycles. The van der Waals surface area contributed by atoms with Gasteiger partial charge in [-0.15, -0.1) is 0 Å². The van der Waals surface area contributed by atoms with Gasteiger partial charge in [0, 0.05) is 44.1 Å². The van der Waals surface area contributed by atoms with Crippen LogP contribution in [0.1, 0.15) is 59.5 Å². The van der Waals surface area contributed by atoms with Gasteiger partial charge in [-0.2, -0.15) is 5.10 Å². The van der Waals surface area contributed by atoms with Gasteiger partial charge in [-0.25, -0.2) is 18.1 Å². The first-order valence-corrected chi connectivity index (χ1v) is 11.8. The van der Waals surface area contributed by atoms with Crippen molar-refractivity contribution in [1.29, 1.82) is 0 Å². The van der Waals surface area contributed by atoms with Gasteiger partial charge in [0.15, 0.2) is 5.82 Å². The van der Waals surface area contributed by atoms with Crippen LogP contribution in [-0.4, -0.2) is 67.8 Å². The molecular weight excluding hydrogens is 406 g/mol. The fourth-order valence-electron chi connectivity index (χ4n) is 3.69. The van der Waals surface area contributed by atoms with E-state index < -0.39 is 10.0 Å². The quantitative estimate of drug-likeness (QED) is 0.611. The molecule has 0 bridgehead atoms. The van der Waals surface area contributed by atoms with Gasteiger partial charge >= 0.3 is 0 Å². The van der Waals surface area contributed by atoms with Crippen molar-refractivity contribution in [3.63, 3.8) is 0 Å². The van der Waals surface area contributed by atoms with E-state index in [4.69, 9.17) is 4.74 Å². The minimum atomic E-state index is -3.68. The van der Waals surface area contributed by atoms with Crippen LogP contribution in [0.4, 0.5) is 0 Å². The second-order valence-corrected chi connectivity index (χ2v) is 9.60. The molecule has 2 fully saturated rings. The van der Waals surface area contributed by atoms with Crippen molar-refractivity contribution in [3.05, 3.63) is 41.5 Å². The number of aromatic amines is 1. The molecule has 1 saturated heterocycles. The molecule has 0 radical (unpaired) electrons. The fourth-order valence-corrected chi connectivity index (χ4v) is 4.75. The smallest absolute Gasteiger partial charge is 0.253 e. The third-order valence-electron chi connectivity index (χ3n) is 5.62. The highest BCUT2D eigenvalue weighted by atomic mass is 32.2. The summed E-state index contributed by atoms with van der Waals surface area (Å²) < 4.78 is 32.1. The minimum Gasteiger partial charge on any atom is -0.383 e. The molecule has 2 heterocycles. The molecule has 10 heteroatoms. The molecular formula is C20H27N5O4S. The standard InChI is InChI=1S/C20H27N5O4S/c1-29-12-9-21-30(27,28)17-4-2-3-16(13-17)20(26)25-10-7-15(8-11-25)19-22-18(23-24-19)14-5-6-14/h2-4,13-15,21H,5-12H2,1H3,(H,22,23,24). The maximum Gasteiger partial charge on any atom is 0.253 e. The summed E-state index contributed by atoms with van der Waals surface area (Å²) in [6.07, 6.45) is 3.95. The van der Waals surface area contributed by atoms with E-state index in [1.807, 2.05) is 0 Å². The lowest BCUT2D eigenvalue weighted by atomic mass is 9.95. The molecule has 2 aromatic rings. The summed E-state index contributed by atoms with van der Waals surface area (Å²) in [5.41, 5.74) is 0.374. The third kappa shape index (κ3) is 4.71. The van der Waals surface area contributed by atoms with Crippen LogP contribution in [0.25, 0.3) is 0 Å². The number of amides is 1. The molecule has 0 atom stereocenters. The number of aromatic nitrogens is 3. The first-order valence-electron chi connectivity index (χ1n) is 10.3. The number of likely N-dealkylation sites (tertiary alicyclic amines) is 1. The van der Waals surface area contributed by atoms with E-state index in [2.05, 4.69) is 19.9 Å². The van der Waals surface area contributed by atoms with Crippen LogP contribution >= 0.6 is 0 Å².